The Balaban J connectivity index is 1.40. The van der Waals surface area contributed by atoms with Crippen LogP contribution in [0.15, 0.2) is 54.6 Å². The normalized spacial score (nSPS) is 14.8. The van der Waals surface area contributed by atoms with Gasteiger partial charge in [0, 0.05) is 56.1 Å². The molecule has 0 radical (unpaired) electrons. The van der Waals surface area contributed by atoms with Crippen molar-refractivity contribution in [3.63, 3.8) is 0 Å². The molecule has 0 aliphatic carbocycles. The summed E-state index contributed by atoms with van der Waals surface area (Å²) in [5, 5.41) is 10.7. The third-order valence-corrected chi connectivity index (χ3v) is 6.78. The second kappa shape index (κ2) is 11.3. The van der Waals surface area contributed by atoms with Crippen molar-refractivity contribution >= 4 is 29.1 Å². The molecule has 1 atom stereocenters. The molecule has 38 heavy (non-hydrogen) atoms. The largest absolute Gasteiger partial charge is 0.372 e. The lowest BCUT2D eigenvalue weighted by Crippen LogP contribution is -2.51. The molecule has 2 heterocycles. The number of benzene rings is 2. The van der Waals surface area contributed by atoms with Gasteiger partial charge in [-0.05, 0) is 50.2 Å². The first-order chi connectivity index (χ1) is 18.0. The second-order valence-electron chi connectivity index (χ2n) is 10.7. The van der Waals surface area contributed by atoms with Crippen LogP contribution in [-0.2, 0) is 14.9 Å². The molecule has 0 saturated carbocycles. The Morgan fingerprint density at radius 1 is 0.921 bits per heavy atom. The average molecular weight is 519 g/mol. The van der Waals surface area contributed by atoms with Crippen LogP contribution in [0.25, 0.3) is 5.69 Å². The first kappa shape index (κ1) is 27.2. The van der Waals surface area contributed by atoms with Crippen LogP contribution in [0.2, 0.25) is 0 Å². The Labute approximate surface area is 224 Å². The fraction of sp³-hybridized carbons (Fsp3) is 0.414. The van der Waals surface area contributed by atoms with Crippen molar-refractivity contribution in [3.8, 4) is 5.69 Å². The van der Waals surface area contributed by atoms with Crippen LogP contribution in [0.4, 0.5) is 22.0 Å². The summed E-state index contributed by atoms with van der Waals surface area (Å²) in [7, 11) is 1.55. The highest BCUT2D eigenvalue weighted by atomic mass is 16.5. The van der Waals surface area contributed by atoms with Gasteiger partial charge in [0.2, 0.25) is 0 Å². The quantitative estimate of drug-likeness (QED) is 0.489. The minimum absolute atomic E-state index is 0.0241. The van der Waals surface area contributed by atoms with Crippen LogP contribution in [0.1, 0.15) is 39.0 Å². The molecule has 9 heteroatoms. The standard InChI is InChI=1S/C29H38N6O3/c1-20-7-11-24(12-8-20)35-26(19-25(32-35)29(3,4)5)31-28(37)30-22-9-13-23(14-10-22)33-15-17-34(18-16-33)27(36)21(2)38-6/h7-14,19,21H,15-18H2,1-6H3,(H2,30,31,37). The van der Waals surface area contributed by atoms with Gasteiger partial charge in [-0.25, -0.2) is 9.48 Å². The maximum absolute atomic E-state index is 12.9. The van der Waals surface area contributed by atoms with Crippen LogP contribution < -0.4 is 15.5 Å². The van der Waals surface area contributed by atoms with Crippen LogP contribution in [-0.4, -0.2) is 66.0 Å². The zero-order valence-electron chi connectivity index (χ0n) is 23.1. The number of hydrogen-bond acceptors (Lipinski definition) is 5. The number of urea groups is 1. The predicted octanol–water partition coefficient (Wildman–Crippen LogP) is 4.81. The summed E-state index contributed by atoms with van der Waals surface area (Å²) in [6, 6.07) is 17.3. The summed E-state index contributed by atoms with van der Waals surface area (Å²) in [5.74, 6) is 0.624. The summed E-state index contributed by atoms with van der Waals surface area (Å²) >= 11 is 0. The number of carbonyl (C=O) groups excluding carboxylic acids is 2. The van der Waals surface area contributed by atoms with Crippen molar-refractivity contribution in [2.45, 2.75) is 46.1 Å². The number of methoxy groups -OCH3 is 1. The lowest BCUT2D eigenvalue weighted by Gasteiger charge is -2.37. The molecule has 1 aliphatic rings. The Morgan fingerprint density at radius 3 is 2.11 bits per heavy atom. The van der Waals surface area contributed by atoms with Gasteiger partial charge >= 0.3 is 6.03 Å². The molecule has 0 bridgehead atoms. The first-order valence-corrected chi connectivity index (χ1v) is 13.0. The number of anilines is 3. The molecule has 1 fully saturated rings. The fourth-order valence-corrected chi connectivity index (χ4v) is 4.30. The monoisotopic (exact) mass is 518 g/mol. The molecule has 202 valence electrons. The number of carbonyl (C=O) groups is 2. The van der Waals surface area contributed by atoms with Crippen LogP contribution in [0.3, 0.4) is 0 Å². The molecule has 3 aromatic rings. The topological polar surface area (TPSA) is 91.7 Å². The van der Waals surface area contributed by atoms with E-state index in [1.807, 2.05) is 66.4 Å². The van der Waals surface area contributed by atoms with E-state index in [2.05, 4.69) is 36.3 Å². The molecule has 2 aromatic carbocycles. The number of rotatable bonds is 6. The molecule has 1 aromatic heterocycles. The summed E-state index contributed by atoms with van der Waals surface area (Å²) in [6.45, 7) is 12.9. The highest BCUT2D eigenvalue weighted by molar-refractivity contribution is 5.99. The van der Waals surface area contributed by atoms with Gasteiger partial charge in [0.1, 0.15) is 11.9 Å². The maximum Gasteiger partial charge on any atom is 0.324 e. The molecular formula is C29H38N6O3. The van der Waals surface area contributed by atoms with Gasteiger partial charge in [-0.1, -0.05) is 38.5 Å². The third kappa shape index (κ3) is 6.34. The minimum atomic E-state index is -0.423. The van der Waals surface area contributed by atoms with Gasteiger partial charge < -0.3 is 19.9 Å². The van der Waals surface area contributed by atoms with E-state index in [1.165, 1.54) is 0 Å². The van der Waals surface area contributed by atoms with E-state index < -0.39 is 6.10 Å². The van der Waals surface area contributed by atoms with Crippen molar-refractivity contribution in [2.24, 2.45) is 0 Å². The zero-order chi connectivity index (χ0) is 27.4. The van der Waals surface area contributed by atoms with Crippen LogP contribution >= 0.6 is 0 Å². The Hall–Kier alpha value is -3.85. The maximum atomic E-state index is 12.9. The number of aromatic nitrogens is 2. The number of amides is 3. The van der Waals surface area contributed by atoms with E-state index in [0.29, 0.717) is 24.6 Å². The second-order valence-corrected chi connectivity index (χ2v) is 10.7. The molecule has 1 saturated heterocycles. The summed E-state index contributed by atoms with van der Waals surface area (Å²) in [5.41, 5.74) is 4.49. The smallest absolute Gasteiger partial charge is 0.324 e. The third-order valence-electron chi connectivity index (χ3n) is 6.78. The van der Waals surface area contributed by atoms with Gasteiger partial charge in [0.15, 0.2) is 0 Å². The Bertz CT molecular complexity index is 1250. The van der Waals surface area contributed by atoms with Gasteiger partial charge in [0.25, 0.3) is 5.91 Å². The fourth-order valence-electron chi connectivity index (χ4n) is 4.30. The summed E-state index contributed by atoms with van der Waals surface area (Å²) in [6.07, 6.45) is -0.423. The highest BCUT2D eigenvalue weighted by Crippen LogP contribution is 2.27. The van der Waals surface area contributed by atoms with Crippen molar-refractivity contribution in [2.75, 3.05) is 48.8 Å². The number of nitrogens with zero attached hydrogens (tertiary/aromatic N) is 4. The van der Waals surface area contributed by atoms with Gasteiger partial charge in [0.05, 0.1) is 11.4 Å². The number of nitrogens with one attached hydrogen (secondary N) is 2. The van der Waals surface area contributed by atoms with Crippen LogP contribution in [0, 0.1) is 6.92 Å². The van der Waals surface area contributed by atoms with E-state index in [9.17, 15) is 9.59 Å². The van der Waals surface area contributed by atoms with E-state index in [4.69, 9.17) is 9.84 Å². The lowest BCUT2D eigenvalue weighted by atomic mass is 9.92. The summed E-state index contributed by atoms with van der Waals surface area (Å²) in [4.78, 5) is 29.4. The van der Waals surface area contributed by atoms with Crippen molar-refractivity contribution < 1.29 is 14.3 Å². The number of ether oxygens (including phenoxy) is 1. The molecule has 1 unspecified atom stereocenters. The molecule has 4 rings (SSSR count). The van der Waals surface area contributed by atoms with Crippen molar-refractivity contribution in [1.29, 1.82) is 0 Å². The van der Waals surface area contributed by atoms with Gasteiger partial charge in [-0.3, -0.25) is 10.1 Å². The molecule has 3 amide bonds. The lowest BCUT2D eigenvalue weighted by molar-refractivity contribution is -0.141. The van der Waals surface area contributed by atoms with Gasteiger partial charge in [-0.15, -0.1) is 0 Å². The van der Waals surface area contributed by atoms with Crippen molar-refractivity contribution in [1.82, 2.24) is 14.7 Å². The molecule has 1 aliphatic heterocycles. The number of piperazine rings is 1. The number of aryl methyl sites for hydroxylation is 1. The van der Waals surface area contributed by atoms with Gasteiger partial charge in [-0.2, -0.15) is 5.10 Å². The Morgan fingerprint density at radius 2 is 1.53 bits per heavy atom. The highest BCUT2D eigenvalue weighted by Gasteiger charge is 2.25. The van der Waals surface area contributed by atoms with E-state index in [1.54, 1.807) is 18.7 Å². The van der Waals surface area contributed by atoms with Crippen LogP contribution in [0.5, 0.6) is 0 Å². The van der Waals surface area contributed by atoms with E-state index in [-0.39, 0.29) is 17.4 Å². The summed E-state index contributed by atoms with van der Waals surface area (Å²) < 4.78 is 6.92. The SMILES string of the molecule is COC(C)C(=O)N1CCN(c2ccc(NC(=O)Nc3cc(C(C)(C)C)nn3-c3ccc(C)cc3)cc2)CC1. The number of hydrogen-bond donors (Lipinski definition) is 2. The Kier molecular flexibility index (Phi) is 8.06. The average Bonchev–Trinajstić information content (AvgIpc) is 3.33. The molecule has 0 spiro atoms. The van der Waals surface area contributed by atoms with E-state index in [0.717, 1.165) is 35.7 Å². The molecular weight excluding hydrogens is 480 g/mol. The van der Waals surface area contributed by atoms with Crippen molar-refractivity contribution in [3.05, 3.63) is 65.9 Å². The first-order valence-electron chi connectivity index (χ1n) is 13.0. The zero-order valence-corrected chi connectivity index (χ0v) is 23.1. The minimum Gasteiger partial charge on any atom is -0.372 e. The predicted molar refractivity (Wildman–Crippen MR) is 151 cm³/mol. The van der Waals surface area contributed by atoms with E-state index >= 15 is 0 Å². The molecule has 2 N–H and O–H groups in total. The molecule has 9 nitrogen and oxygen atoms in total.